The number of nitrogens with one attached hydrogen (secondary N) is 1. The molecule has 1 amide bonds. The Bertz CT molecular complexity index is 1110. The number of anilines is 1. The molecule has 0 saturated carbocycles. The lowest BCUT2D eigenvalue weighted by Crippen LogP contribution is -2.33. The molecule has 0 spiro atoms. The van der Waals surface area contributed by atoms with Crippen molar-refractivity contribution in [2.45, 2.75) is 26.8 Å². The molecule has 2 N–H and O–H groups in total. The van der Waals surface area contributed by atoms with Gasteiger partial charge in [0.1, 0.15) is 18.1 Å². The van der Waals surface area contributed by atoms with E-state index in [1.807, 2.05) is 49.4 Å². The van der Waals surface area contributed by atoms with Crippen molar-refractivity contribution in [3.05, 3.63) is 75.7 Å². The molecule has 156 valence electrons. The third kappa shape index (κ3) is 4.58. The Labute approximate surface area is 175 Å². The summed E-state index contributed by atoms with van der Waals surface area (Å²) in [5.41, 5.74) is 2.85. The maximum atomic E-state index is 13.1. The van der Waals surface area contributed by atoms with E-state index >= 15 is 0 Å². The van der Waals surface area contributed by atoms with E-state index in [1.165, 1.54) is 11.7 Å². The SMILES string of the molecule is COc1ccc(C)cc1NC(=O)Cn1c(-c2ccccc2)nc(C)c(CCO)c1=O. The molecule has 0 unspecified atom stereocenters. The highest BCUT2D eigenvalue weighted by Crippen LogP contribution is 2.25. The molecule has 0 atom stereocenters. The summed E-state index contributed by atoms with van der Waals surface area (Å²) in [7, 11) is 1.53. The number of carbonyl (C=O) groups excluding carboxylic acids is 1. The summed E-state index contributed by atoms with van der Waals surface area (Å²) in [4.78, 5) is 30.6. The van der Waals surface area contributed by atoms with E-state index in [4.69, 9.17) is 4.74 Å². The lowest BCUT2D eigenvalue weighted by molar-refractivity contribution is -0.116. The Kier molecular flexibility index (Phi) is 6.64. The molecular weight excluding hydrogens is 382 g/mol. The van der Waals surface area contributed by atoms with Gasteiger partial charge < -0.3 is 15.2 Å². The van der Waals surface area contributed by atoms with Crippen LogP contribution in [0.2, 0.25) is 0 Å². The number of amides is 1. The van der Waals surface area contributed by atoms with Gasteiger partial charge in [0.15, 0.2) is 0 Å². The second-order valence-corrected chi connectivity index (χ2v) is 6.98. The number of rotatable bonds is 7. The van der Waals surface area contributed by atoms with Crippen LogP contribution in [-0.4, -0.2) is 34.3 Å². The summed E-state index contributed by atoms with van der Waals surface area (Å²) in [6.07, 6.45) is 0.181. The van der Waals surface area contributed by atoms with Crippen LogP contribution in [0.1, 0.15) is 16.8 Å². The standard InChI is InChI=1S/C23H25N3O4/c1-15-9-10-20(30-3)19(13-15)25-21(28)14-26-22(17-7-5-4-6-8-17)24-16(2)18(11-12-27)23(26)29/h4-10,13,27H,11-12,14H2,1-3H3,(H,25,28). The fourth-order valence-corrected chi connectivity index (χ4v) is 3.31. The molecule has 7 heteroatoms. The molecule has 0 fully saturated rings. The zero-order valence-electron chi connectivity index (χ0n) is 17.3. The summed E-state index contributed by atoms with van der Waals surface area (Å²) < 4.78 is 6.66. The first-order valence-corrected chi connectivity index (χ1v) is 9.65. The normalized spacial score (nSPS) is 10.7. The first kappa shape index (κ1) is 21.3. The summed E-state index contributed by atoms with van der Waals surface area (Å²) >= 11 is 0. The van der Waals surface area contributed by atoms with E-state index in [-0.39, 0.29) is 31.0 Å². The van der Waals surface area contributed by atoms with Crippen molar-refractivity contribution in [1.82, 2.24) is 9.55 Å². The van der Waals surface area contributed by atoms with Crippen LogP contribution in [0, 0.1) is 13.8 Å². The van der Waals surface area contributed by atoms with E-state index in [1.54, 1.807) is 13.0 Å². The van der Waals surface area contributed by atoms with Gasteiger partial charge in [0.25, 0.3) is 5.56 Å². The van der Waals surface area contributed by atoms with Crippen LogP contribution >= 0.6 is 0 Å². The van der Waals surface area contributed by atoms with Gasteiger partial charge >= 0.3 is 0 Å². The predicted molar refractivity (Wildman–Crippen MR) is 116 cm³/mol. The minimum Gasteiger partial charge on any atom is -0.495 e. The first-order chi connectivity index (χ1) is 14.4. The van der Waals surface area contributed by atoms with Gasteiger partial charge in [-0.15, -0.1) is 0 Å². The summed E-state index contributed by atoms with van der Waals surface area (Å²) in [5, 5.41) is 12.2. The van der Waals surface area contributed by atoms with Crippen molar-refractivity contribution >= 4 is 11.6 Å². The van der Waals surface area contributed by atoms with E-state index < -0.39 is 0 Å². The lowest BCUT2D eigenvalue weighted by atomic mass is 10.1. The second-order valence-electron chi connectivity index (χ2n) is 6.98. The van der Waals surface area contributed by atoms with Crippen LogP contribution < -0.4 is 15.6 Å². The largest absolute Gasteiger partial charge is 0.495 e. The average Bonchev–Trinajstić information content (AvgIpc) is 2.74. The third-order valence-corrected chi connectivity index (χ3v) is 4.79. The fraction of sp³-hybridized carbons (Fsp3) is 0.261. The van der Waals surface area contributed by atoms with Crippen molar-refractivity contribution in [1.29, 1.82) is 0 Å². The zero-order valence-corrected chi connectivity index (χ0v) is 17.3. The number of carbonyl (C=O) groups is 1. The topological polar surface area (TPSA) is 93.4 Å². The molecule has 3 rings (SSSR count). The molecule has 30 heavy (non-hydrogen) atoms. The Morgan fingerprint density at radius 2 is 1.90 bits per heavy atom. The minimum absolute atomic E-state index is 0.171. The predicted octanol–water partition coefficient (Wildman–Crippen LogP) is 2.71. The number of nitrogens with zero attached hydrogens (tertiary/aromatic N) is 2. The van der Waals surface area contributed by atoms with Gasteiger partial charge in [0, 0.05) is 29.8 Å². The molecule has 3 aromatic rings. The second kappa shape index (κ2) is 9.37. The van der Waals surface area contributed by atoms with Crippen LogP contribution in [0.15, 0.2) is 53.3 Å². The fourth-order valence-electron chi connectivity index (χ4n) is 3.31. The Morgan fingerprint density at radius 3 is 2.57 bits per heavy atom. The number of methoxy groups -OCH3 is 1. The number of aromatic nitrogens is 2. The summed E-state index contributed by atoms with van der Waals surface area (Å²) in [6, 6.07) is 14.7. The first-order valence-electron chi connectivity index (χ1n) is 9.65. The van der Waals surface area contributed by atoms with Gasteiger partial charge in [-0.25, -0.2) is 4.98 Å². The van der Waals surface area contributed by atoms with Crippen molar-refractivity contribution in [2.24, 2.45) is 0 Å². The van der Waals surface area contributed by atoms with Gasteiger partial charge in [-0.2, -0.15) is 0 Å². The molecule has 0 aliphatic heterocycles. The van der Waals surface area contributed by atoms with Crippen LogP contribution in [0.4, 0.5) is 5.69 Å². The number of benzene rings is 2. The van der Waals surface area contributed by atoms with Crippen LogP contribution in [-0.2, 0) is 17.8 Å². The van der Waals surface area contributed by atoms with Crippen molar-refractivity contribution in [2.75, 3.05) is 19.0 Å². The van der Waals surface area contributed by atoms with E-state index in [0.29, 0.717) is 28.5 Å². The molecule has 7 nitrogen and oxygen atoms in total. The summed E-state index contributed by atoms with van der Waals surface area (Å²) in [6.45, 7) is 3.26. The highest BCUT2D eigenvalue weighted by atomic mass is 16.5. The Morgan fingerprint density at radius 1 is 1.17 bits per heavy atom. The van der Waals surface area contributed by atoms with Crippen LogP contribution in [0.25, 0.3) is 11.4 Å². The number of aryl methyl sites for hydroxylation is 2. The minimum atomic E-state index is -0.376. The molecule has 0 bridgehead atoms. The summed E-state index contributed by atoms with van der Waals surface area (Å²) in [5.74, 6) is 0.567. The van der Waals surface area contributed by atoms with Crippen molar-refractivity contribution < 1.29 is 14.6 Å². The maximum absolute atomic E-state index is 13.1. The van der Waals surface area contributed by atoms with E-state index in [9.17, 15) is 14.7 Å². The van der Waals surface area contributed by atoms with Crippen molar-refractivity contribution in [3.8, 4) is 17.1 Å². The molecule has 2 aromatic carbocycles. The molecule has 0 aliphatic rings. The number of hydrogen-bond donors (Lipinski definition) is 2. The van der Waals surface area contributed by atoms with Crippen molar-refractivity contribution in [3.63, 3.8) is 0 Å². The Balaban J connectivity index is 2.02. The van der Waals surface area contributed by atoms with Gasteiger partial charge in [0.2, 0.25) is 5.91 Å². The zero-order chi connectivity index (χ0) is 21.7. The smallest absolute Gasteiger partial charge is 0.257 e. The van der Waals surface area contributed by atoms with Gasteiger partial charge in [-0.3, -0.25) is 14.2 Å². The third-order valence-electron chi connectivity index (χ3n) is 4.79. The molecule has 0 saturated heterocycles. The molecule has 1 aromatic heterocycles. The maximum Gasteiger partial charge on any atom is 0.257 e. The number of aliphatic hydroxyl groups excluding tert-OH is 1. The monoisotopic (exact) mass is 407 g/mol. The molecule has 1 heterocycles. The van der Waals surface area contributed by atoms with Gasteiger partial charge in [-0.1, -0.05) is 36.4 Å². The average molecular weight is 407 g/mol. The molecule has 0 aliphatic carbocycles. The van der Waals surface area contributed by atoms with E-state index in [0.717, 1.165) is 11.1 Å². The Hall–Kier alpha value is -3.45. The molecular formula is C23H25N3O4. The highest BCUT2D eigenvalue weighted by Gasteiger charge is 2.18. The lowest BCUT2D eigenvalue weighted by Gasteiger charge is -2.16. The quantitative estimate of drug-likeness (QED) is 0.628. The van der Waals surface area contributed by atoms with E-state index in [2.05, 4.69) is 10.3 Å². The van der Waals surface area contributed by atoms with Crippen LogP contribution in [0.5, 0.6) is 5.75 Å². The number of aliphatic hydroxyl groups is 1. The highest BCUT2D eigenvalue weighted by molar-refractivity contribution is 5.92. The molecule has 0 radical (unpaired) electrons. The van der Waals surface area contributed by atoms with Crippen LogP contribution in [0.3, 0.4) is 0 Å². The number of ether oxygens (including phenoxy) is 1. The number of hydrogen-bond acceptors (Lipinski definition) is 5. The van der Waals surface area contributed by atoms with Gasteiger partial charge in [-0.05, 0) is 31.5 Å². The van der Waals surface area contributed by atoms with Gasteiger partial charge in [0.05, 0.1) is 12.8 Å².